The van der Waals surface area contributed by atoms with E-state index in [4.69, 9.17) is 0 Å². The van der Waals surface area contributed by atoms with E-state index < -0.39 is 0 Å². The van der Waals surface area contributed by atoms with Gasteiger partial charge in [-0.05, 0) is 64.6 Å². The third-order valence-electron chi connectivity index (χ3n) is 6.79. The van der Waals surface area contributed by atoms with Crippen molar-refractivity contribution in [1.82, 2.24) is 0 Å². The van der Waals surface area contributed by atoms with Crippen molar-refractivity contribution in [3.8, 4) is 0 Å². The minimum absolute atomic E-state index is 0. The van der Waals surface area contributed by atoms with Crippen LogP contribution < -0.4 is 0 Å². The molecule has 0 spiro atoms. The summed E-state index contributed by atoms with van der Waals surface area (Å²) in [4.78, 5) is 0. The van der Waals surface area contributed by atoms with Crippen LogP contribution in [0.4, 0.5) is 0 Å². The Balaban J connectivity index is 0.000000134. The van der Waals surface area contributed by atoms with Crippen LogP contribution in [0.3, 0.4) is 0 Å². The van der Waals surface area contributed by atoms with Crippen LogP contribution in [-0.4, -0.2) is 0 Å². The predicted molar refractivity (Wildman–Crippen MR) is 140 cm³/mol. The number of hydrogen-bond donors (Lipinski definition) is 0. The average Bonchev–Trinajstić information content (AvgIpc) is 2.87. The third-order valence-corrected chi connectivity index (χ3v) is 6.79. The molecule has 0 atom stereocenters. The maximum Gasteiger partial charge on any atom is 0 e. The van der Waals surface area contributed by atoms with Gasteiger partial charge in [-0.3, -0.25) is 0 Å². The Labute approximate surface area is 229 Å². The minimum Gasteiger partial charge on any atom is -0.0610 e. The standard InChI is InChI=1S/2C16H10.2Nb/c2*1-3-11-7-9-13-5-2-6-14-10-8-12(4-1)15(11)16(13)14;;/h2*1-10H;;. The Morgan fingerprint density at radius 1 is 0.206 bits per heavy atom. The van der Waals surface area contributed by atoms with E-state index in [0.717, 1.165) is 0 Å². The van der Waals surface area contributed by atoms with Gasteiger partial charge in [-0.25, -0.2) is 0 Å². The molecule has 34 heavy (non-hydrogen) atoms. The van der Waals surface area contributed by atoms with Gasteiger partial charge in [0.2, 0.25) is 0 Å². The van der Waals surface area contributed by atoms with Crippen molar-refractivity contribution < 1.29 is 44.8 Å². The van der Waals surface area contributed by atoms with E-state index in [1.807, 2.05) is 0 Å². The molecule has 0 heterocycles. The molecule has 0 aliphatic rings. The fourth-order valence-electron chi connectivity index (χ4n) is 5.34. The van der Waals surface area contributed by atoms with Crippen molar-refractivity contribution in [2.75, 3.05) is 0 Å². The molecule has 0 nitrogen and oxygen atoms in total. The summed E-state index contributed by atoms with van der Waals surface area (Å²) in [5.41, 5.74) is 0. The van der Waals surface area contributed by atoms with Crippen LogP contribution >= 0.6 is 0 Å². The van der Waals surface area contributed by atoms with Crippen LogP contribution in [-0.2, 0) is 44.8 Å². The second kappa shape index (κ2) is 9.17. The van der Waals surface area contributed by atoms with Crippen LogP contribution in [0.2, 0.25) is 0 Å². The van der Waals surface area contributed by atoms with E-state index in [1.165, 1.54) is 64.6 Å². The first-order valence-corrected chi connectivity index (χ1v) is 11.1. The molecule has 0 saturated carbocycles. The third kappa shape index (κ3) is 3.56. The van der Waals surface area contributed by atoms with Gasteiger partial charge in [0.15, 0.2) is 0 Å². The fraction of sp³-hybridized carbons (Fsp3) is 0. The van der Waals surface area contributed by atoms with E-state index in [2.05, 4.69) is 121 Å². The molecule has 2 heteroatoms. The van der Waals surface area contributed by atoms with Gasteiger partial charge in [0.25, 0.3) is 0 Å². The fourth-order valence-corrected chi connectivity index (χ4v) is 5.34. The van der Waals surface area contributed by atoms with Gasteiger partial charge >= 0.3 is 0 Å². The summed E-state index contributed by atoms with van der Waals surface area (Å²) in [5.74, 6) is 0. The van der Waals surface area contributed by atoms with E-state index in [0.29, 0.717) is 0 Å². The molecule has 0 N–H and O–H groups in total. The van der Waals surface area contributed by atoms with Crippen LogP contribution in [0.1, 0.15) is 0 Å². The van der Waals surface area contributed by atoms with E-state index in [1.54, 1.807) is 0 Å². The molecule has 0 saturated heterocycles. The van der Waals surface area contributed by atoms with Gasteiger partial charge in [-0.1, -0.05) is 121 Å². The second-order valence-electron chi connectivity index (χ2n) is 8.58. The van der Waals surface area contributed by atoms with Gasteiger partial charge in [-0.15, -0.1) is 0 Å². The molecule has 2 radical (unpaired) electrons. The van der Waals surface area contributed by atoms with Crippen molar-refractivity contribution in [3.05, 3.63) is 121 Å². The monoisotopic (exact) mass is 590 g/mol. The first-order chi connectivity index (χ1) is 15.9. The molecule has 0 fully saturated rings. The van der Waals surface area contributed by atoms with Crippen molar-refractivity contribution in [2.24, 2.45) is 0 Å². The molecule has 0 unspecified atom stereocenters. The quantitative estimate of drug-likeness (QED) is 0.122. The molecule has 0 amide bonds. The van der Waals surface area contributed by atoms with Gasteiger partial charge < -0.3 is 0 Å². The van der Waals surface area contributed by atoms with Crippen LogP contribution in [0.25, 0.3) is 64.6 Å². The van der Waals surface area contributed by atoms with Crippen molar-refractivity contribution in [3.63, 3.8) is 0 Å². The number of benzene rings is 8. The zero-order chi connectivity index (χ0) is 21.1. The summed E-state index contributed by atoms with van der Waals surface area (Å²) in [6.45, 7) is 0. The molecule has 0 aromatic heterocycles. The van der Waals surface area contributed by atoms with E-state index in [-0.39, 0.29) is 44.8 Å². The van der Waals surface area contributed by atoms with Crippen molar-refractivity contribution in [2.45, 2.75) is 0 Å². The van der Waals surface area contributed by atoms with Crippen LogP contribution in [0, 0.1) is 0 Å². The van der Waals surface area contributed by atoms with Gasteiger partial charge in [0.05, 0.1) is 0 Å². The largest absolute Gasteiger partial charge is 0.0610 e. The summed E-state index contributed by atoms with van der Waals surface area (Å²) in [6, 6.07) is 43.7. The molecule has 8 aromatic rings. The predicted octanol–water partition coefficient (Wildman–Crippen LogP) is 9.16. The Bertz CT molecular complexity index is 1480. The summed E-state index contributed by atoms with van der Waals surface area (Å²) < 4.78 is 0. The summed E-state index contributed by atoms with van der Waals surface area (Å²) in [7, 11) is 0. The molecule has 0 bridgehead atoms. The molecule has 158 valence electrons. The summed E-state index contributed by atoms with van der Waals surface area (Å²) in [6.07, 6.45) is 0. The van der Waals surface area contributed by atoms with Crippen LogP contribution in [0.5, 0.6) is 0 Å². The first-order valence-electron chi connectivity index (χ1n) is 11.1. The molecular weight excluding hydrogens is 570 g/mol. The molecule has 8 aromatic carbocycles. The van der Waals surface area contributed by atoms with Crippen molar-refractivity contribution >= 4 is 64.6 Å². The van der Waals surface area contributed by atoms with Crippen LogP contribution in [0.15, 0.2) is 121 Å². The molecule has 0 aliphatic heterocycles. The molecule has 8 rings (SSSR count). The zero-order valence-corrected chi connectivity index (χ0v) is 22.8. The van der Waals surface area contributed by atoms with Gasteiger partial charge in [0, 0.05) is 44.8 Å². The van der Waals surface area contributed by atoms with Gasteiger partial charge in [-0.2, -0.15) is 0 Å². The van der Waals surface area contributed by atoms with Crippen molar-refractivity contribution in [1.29, 1.82) is 0 Å². The Hall–Kier alpha value is -2.68. The Morgan fingerprint density at radius 3 is 0.500 bits per heavy atom. The number of hydrogen-bond acceptors (Lipinski definition) is 0. The molecular formula is C32H20Nb2. The maximum atomic E-state index is 2.21. The normalized spacial score (nSPS) is 11.1. The Kier molecular flexibility index (Phi) is 6.22. The smallest absolute Gasteiger partial charge is 0 e. The average molecular weight is 590 g/mol. The topological polar surface area (TPSA) is 0 Å². The SMILES string of the molecule is [Nb].[Nb].c1cc2ccc3cccc4ccc(c1)c2c34.c1cc2ccc3cccc4ccc(c1)c2c34. The second-order valence-corrected chi connectivity index (χ2v) is 8.58. The zero-order valence-electron chi connectivity index (χ0n) is 18.4. The maximum absolute atomic E-state index is 2.21. The van der Waals surface area contributed by atoms with Gasteiger partial charge in [0.1, 0.15) is 0 Å². The Morgan fingerprint density at radius 2 is 0.353 bits per heavy atom. The number of rotatable bonds is 0. The summed E-state index contributed by atoms with van der Waals surface area (Å²) in [5, 5.41) is 16.3. The van der Waals surface area contributed by atoms with E-state index >= 15 is 0 Å². The minimum atomic E-state index is 0. The van der Waals surface area contributed by atoms with E-state index in [9.17, 15) is 0 Å². The summed E-state index contributed by atoms with van der Waals surface area (Å²) >= 11 is 0. The first kappa shape index (κ1) is 23.1. The molecule has 0 aliphatic carbocycles.